The van der Waals surface area contributed by atoms with E-state index in [2.05, 4.69) is 4.72 Å². The van der Waals surface area contributed by atoms with Crippen molar-refractivity contribution >= 4 is 10.0 Å². The number of hydrogen-bond acceptors (Lipinski definition) is 4. The molecule has 102 valence electrons. The zero-order valence-electron chi connectivity index (χ0n) is 11.1. The number of sulfonamides is 1. The van der Waals surface area contributed by atoms with Crippen molar-refractivity contribution in [2.24, 2.45) is 0 Å². The van der Waals surface area contributed by atoms with E-state index in [1.54, 1.807) is 12.1 Å². The number of benzene rings is 1. The largest absolute Gasteiger partial charge is 0.497 e. The van der Waals surface area contributed by atoms with Crippen LogP contribution in [-0.2, 0) is 10.0 Å². The Hall–Kier alpha value is -1.27. The molecule has 0 heterocycles. The predicted octanol–water partition coefficient (Wildman–Crippen LogP) is 1.78. The maximum Gasteiger partial charge on any atom is 0.244 e. The van der Waals surface area contributed by atoms with Crippen LogP contribution < -0.4 is 14.2 Å². The third-order valence-corrected chi connectivity index (χ3v) is 4.24. The van der Waals surface area contributed by atoms with E-state index in [1.807, 2.05) is 13.8 Å². The summed E-state index contributed by atoms with van der Waals surface area (Å²) in [5.74, 6) is 0.770. The number of ether oxygens (including phenoxy) is 2. The number of nitrogens with one attached hydrogen (secondary N) is 1. The van der Waals surface area contributed by atoms with Gasteiger partial charge in [0.05, 0.1) is 14.2 Å². The van der Waals surface area contributed by atoms with Gasteiger partial charge in [-0.1, -0.05) is 6.92 Å². The molecule has 0 bridgehead atoms. The Kier molecular flexibility index (Phi) is 4.98. The lowest BCUT2D eigenvalue weighted by molar-refractivity contribution is 0.391. The minimum absolute atomic E-state index is 0.0876. The lowest BCUT2D eigenvalue weighted by Crippen LogP contribution is -2.32. The van der Waals surface area contributed by atoms with Crippen molar-refractivity contribution < 1.29 is 17.9 Å². The molecule has 0 aliphatic carbocycles. The number of methoxy groups -OCH3 is 2. The van der Waals surface area contributed by atoms with E-state index in [0.29, 0.717) is 17.9 Å². The molecule has 0 spiro atoms. The van der Waals surface area contributed by atoms with Crippen molar-refractivity contribution in [3.05, 3.63) is 18.2 Å². The Morgan fingerprint density at radius 2 is 1.94 bits per heavy atom. The van der Waals surface area contributed by atoms with Gasteiger partial charge < -0.3 is 9.47 Å². The van der Waals surface area contributed by atoms with Gasteiger partial charge in [0.1, 0.15) is 16.4 Å². The highest BCUT2D eigenvalue weighted by atomic mass is 32.2. The Bertz CT molecular complexity index is 499. The molecule has 0 amide bonds. The van der Waals surface area contributed by atoms with Crippen LogP contribution in [0.15, 0.2) is 23.1 Å². The van der Waals surface area contributed by atoms with Gasteiger partial charge in [0.2, 0.25) is 10.0 Å². The Balaban J connectivity index is 3.20. The maximum absolute atomic E-state index is 12.2. The third-order valence-electron chi connectivity index (χ3n) is 2.63. The van der Waals surface area contributed by atoms with Crippen molar-refractivity contribution in [2.45, 2.75) is 31.2 Å². The summed E-state index contributed by atoms with van der Waals surface area (Å²) in [6, 6.07) is 4.54. The Morgan fingerprint density at radius 3 is 2.44 bits per heavy atom. The SMILES string of the molecule is CCC(C)NS(=O)(=O)c1cc(OC)ccc1OC. The summed E-state index contributed by atoms with van der Waals surface area (Å²) in [6.07, 6.45) is 0.714. The molecular formula is C12H19NO4S. The molecule has 0 saturated carbocycles. The molecule has 1 N–H and O–H groups in total. The zero-order valence-corrected chi connectivity index (χ0v) is 11.9. The first kappa shape index (κ1) is 14.8. The quantitative estimate of drug-likeness (QED) is 0.858. The molecule has 6 heteroatoms. The fraction of sp³-hybridized carbons (Fsp3) is 0.500. The van der Waals surface area contributed by atoms with E-state index < -0.39 is 10.0 Å². The lowest BCUT2D eigenvalue weighted by atomic mass is 10.3. The average molecular weight is 273 g/mol. The second-order valence-corrected chi connectivity index (χ2v) is 5.63. The van der Waals surface area contributed by atoms with Crippen molar-refractivity contribution in [2.75, 3.05) is 14.2 Å². The molecule has 0 fully saturated rings. The van der Waals surface area contributed by atoms with Gasteiger partial charge in [-0.3, -0.25) is 0 Å². The maximum atomic E-state index is 12.2. The predicted molar refractivity (Wildman–Crippen MR) is 69.6 cm³/mol. The molecule has 1 atom stereocenters. The summed E-state index contributed by atoms with van der Waals surface area (Å²) < 4.78 is 37.1. The highest BCUT2D eigenvalue weighted by molar-refractivity contribution is 7.89. The summed E-state index contributed by atoms with van der Waals surface area (Å²) in [4.78, 5) is 0.0876. The number of hydrogen-bond donors (Lipinski definition) is 1. The highest BCUT2D eigenvalue weighted by Crippen LogP contribution is 2.28. The topological polar surface area (TPSA) is 64.6 Å². The van der Waals surface area contributed by atoms with Gasteiger partial charge in [0.15, 0.2) is 0 Å². The third kappa shape index (κ3) is 3.36. The number of rotatable bonds is 6. The van der Waals surface area contributed by atoms with Gasteiger partial charge >= 0.3 is 0 Å². The summed E-state index contributed by atoms with van der Waals surface area (Å²) in [5.41, 5.74) is 0. The van der Waals surface area contributed by atoms with Crippen LogP contribution in [0.1, 0.15) is 20.3 Å². The fourth-order valence-electron chi connectivity index (χ4n) is 1.41. The molecule has 18 heavy (non-hydrogen) atoms. The molecule has 1 unspecified atom stereocenters. The molecule has 0 aromatic heterocycles. The second-order valence-electron chi connectivity index (χ2n) is 3.95. The zero-order chi connectivity index (χ0) is 13.8. The Morgan fingerprint density at radius 1 is 1.28 bits per heavy atom. The molecule has 0 aliphatic heterocycles. The van der Waals surface area contributed by atoms with Crippen LogP contribution in [-0.4, -0.2) is 28.7 Å². The van der Waals surface area contributed by atoms with Gasteiger partial charge in [-0.25, -0.2) is 13.1 Å². The minimum atomic E-state index is -3.60. The summed E-state index contributed by atoms with van der Waals surface area (Å²) in [7, 11) is -0.681. The minimum Gasteiger partial charge on any atom is -0.497 e. The average Bonchev–Trinajstić information content (AvgIpc) is 2.37. The van der Waals surface area contributed by atoms with E-state index in [-0.39, 0.29) is 10.9 Å². The van der Waals surface area contributed by atoms with Crippen molar-refractivity contribution in [3.8, 4) is 11.5 Å². The van der Waals surface area contributed by atoms with Crippen LogP contribution in [0, 0.1) is 0 Å². The summed E-state index contributed by atoms with van der Waals surface area (Å²) >= 11 is 0. The van der Waals surface area contributed by atoms with Gasteiger partial charge in [0, 0.05) is 12.1 Å². The van der Waals surface area contributed by atoms with E-state index in [1.165, 1.54) is 20.3 Å². The first-order valence-corrected chi connectivity index (χ1v) is 7.17. The van der Waals surface area contributed by atoms with Gasteiger partial charge in [-0.05, 0) is 25.5 Å². The van der Waals surface area contributed by atoms with Crippen LogP contribution in [0.25, 0.3) is 0 Å². The molecule has 0 radical (unpaired) electrons. The lowest BCUT2D eigenvalue weighted by Gasteiger charge is -2.15. The standard InChI is InChI=1S/C12H19NO4S/c1-5-9(2)13-18(14,15)12-8-10(16-3)6-7-11(12)17-4/h6-9,13H,5H2,1-4H3. The van der Waals surface area contributed by atoms with Crippen LogP contribution in [0.2, 0.25) is 0 Å². The fourth-order valence-corrected chi connectivity index (χ4v) is 2.92. The summed E-state index contributed by atoms with van der Waals surface area (Å²) in [6.45, 7) is 3.72. The van der Waals surface area contributed by atoms with Crippen molar-refractivity contribution in [1.82, 2.24) is 4.72 Å². The van der Waals surface area contributed by atoms with Crippen LogP contribution in [0.4, 0.5) is 0 Å². The van der Waals surface area contributed by atoms with E-state index in [4.69, 9.17) is 9.47 Å². The molecular weight excluding hydrogens is 254 g/mol. The van der Waals surface area contributed by atoms with E-state index >= 15 is 0 Å². The van der Waals surface area contributed by atoms with Gasteiger partial charge in [-0.2, -0.15) is 0 Å². The first-order chi connectivity index (χ1) is 8.44. The molecule has 5 nitrogen and oxygen atoms in total. The van der Waals surface area contributed by atoms with E-state index in [0.717, 1.165) is 0 Å². The molecule has 1 rings (SSSR count). The van der Waals surface area contributed by atoms with Crippen molar-refractivity contribution in [1.29, 1.82) is 0 Å². The molecule has 0 saturated heterocycles. The molecule has 0 aliphatic rings. The second kappa shape index (κ2) is 6.06. The van der Waals surface area contributed by atoms with Crippen LogP contribution in [0.3, 0.4) is 0 Å². The van der Waals surface area contributed by atoms with Crippen LogP contribution >= 0.6 is 0 Å². The first-order valence-electron chi connectivity index (χ1n) is 5.69. The van der Waals surface area contributed by atoms with Gasteiger partial charge in [0.25, 0.3) is 0 Å². The molecule has 1 aromatic rings. The van der Waals surface area contributed by atoms with Crippen LogP contribution in [0.5, 0.6) is 11.5 Å². The normalized spacial score (nSPS) is 13.1. The summed E-state index contributed by atoms with van der Waals surface area (Å²) in [5, 5.41) is 0. The Labute approximate surface area is 108 Å². The smallest absolute Gasteiger partial charge is 0.244 e. The monoisotopic (exact) mass is 273 g/mol. The highest BCUT2D eigenvalue weighted by Gasteiger charge is 2.21. The van der Waals surface area contributed by atoms with Crippen molar-refractivity contribution in [3.63, 3.8) is 0 Å². The molecule has 1 aromatic carbocycles. The van der Waals surface area contributed by atoms with E-state index in [9.17, 15) is 8.42 Å². The van der Waals surface area contributed by atoms with Gasteiger partial charge in [-0.15, -0.1) is 0 Å².